The molecule has 0 saturated carbocycles. The molecule has 0 bridgehead atoms. The van der Waals surface area contributed by atoms with E-state index in [-0.39, 0.29) is 5.54 Å². The van der Waals surface area contributed by atoms with Gasteiger partial charge in [0.15, 0.2) is 0 Å². The Kier molecular flexibility index (Phi) is 4.33. The lowest BCUT2D eigenvalue weighted by atomic mass is 9.96. The number of nitrogens with zero attached hydrogens (tertiary/aromatic N) is 2. The van der Waals surface area contributed by atoms with Crippen LogP contribution in [-0.4, -0.2) is 48.1 Å². The van der Waals surface area contributed by atoms with Crippen LogP contribution in [0.1, 0.15) is 31.6 Å². The van der Waals surface area contributed by atoms with E-state index in [9.17, 15) is 0 Å². The van der Waals surface area contributed by atoms with E-state index in [0.717, 1.165) is 31.8 Å². The molecule has 1 unspecified atom stereocenters. The van der Waals surface area contributed by atoms with E-state index in [0.29, 0.717) is 12.6 Å². The molecule has 4 heteroatoms. The summed E-state index contributed by atoms with van der Waals surface area (Å²) in [6.45, 7) is 10.4. The van der Waals surface area contributed by atoms with Gasteiger partial charge in [0, 0.05) is 43.3 Å². The van der Waals surface area contributed by atoms with E-state index in [1.54, 1.807) is 6.26 Å². The number of hydrogen-bond donors (Lipinski definition) is 1. The molecule has 1 aromatic heterocycles. The molecule has 0 aromatic carbocycles. The maximum absolute atomic E-state index is 6.11. The molecule has 0 spiro atoms. The normalized spacial score (nSPS) is 24.8. The van der Waals surface area contributed by atoms with Crippen LogP contribution in [0.3, 0.4) is 0 Å². The van der Waals surface area contributed by atoms with Crippen LogP contribution in [0, 0.1) is 6.92 Å². The summed E-state index contributed by atoms with van der Waals surface area (Å²) in [5.41, 5.74) is 7.47. The Morgan fingerprint density at radius 1 is 1.53 bits per heavy atom. The maximum Gasteiger partial charge on any atom is 0.105 e. The van der Waals surface area contributed by atoms with E-state index in [1.165, 1.54) is 5.56 Å². The molecular weight excluding hydrogens is 238 g/mol. The van der Waals surface area contributed by atoms with Crippen molar-refractivity contribution in [1.29, 1.82) is 0 Å². The SMILES string of the molecule is Cc1occc1CN(C)C1(CN)CCN(C(C)C)C1. The zero-order chi connectivity index (χ0) is 14.0. The second kappa shape index (κ2) is 5.65. The lowest BCUT2D eigenvalue weighted by Gasteiger charge is -2.38. The second-order valence-electron chi connectivity index (χ2n) is 6.10. The number of nitrogens with two attached hydrogens (primary N) is 1. The molecule has 2 N–H and O–H groups in total. The minimum atomic E-state index is 0.105. The molecule has 2 heterocycles. The van der Waals surface area contributed by atoms with Crippen LogP contribution in [0.5, 0.6) is 0 Å². The summed E-state index contributed by atoms with van der Waals surface area (Å²) in [6, 6.07) is 2.66. The van der Waals surface area contributed by atoms with E-state index >= 15 is 0 Å². The third-order valence-electron chi connectivity index (χ3n) is 4.66. The fourth-order valence-electron chi connectivity index (χ4n) is 2.96. The van der Waals surface area contributed by atoms with Gasteiger partial charge in [-0.2, -0.15) is 0 Å². The average Bonchev–Trinajstić information content (AvgIpc) is 2.97. The number of aryl methyl sites for hydroxylation is 1. The number of rotatable bonds is 5. The van der Waals surface area contributed by atoms with Crippen molar-refractivity contribution in [3.8, 4) is 0 Å². The Bertz CT molecular complexity index is 415. The predicted molar refractivity (Wildman–Crippen MR) is 78.0 cm³/mol. The third kappa shape index (κ3) is 2.86. The Balaban J connectivity index is 2.07. The van der Waals surface area contributed by atoms with Gasteiger partial charge in [0.2, 0.25) is 0 Å². The summed E-state index contributed by atoms with van der Waals surface area (Å²) < 4.78 is 5.39. The largest absolute Gasteiger partial charge is 0.469 e. The Morgan fingerprint density at radius 2 is 2.26 bits per heavy atom. The Hall–Kier alpha value is -0.840. The van der Waals surface area contributed by atoms with Gasteiger partial charge < -0.3 is 10.2 Å². The highest BCUT2D eigenvalue weighted by atomic mass is 16.3. The van der Waals surface area contributed by atoms with Crippen LogP contribution in [0.2, 0.25) is 0 Å². The number of likely N-dealkylation sites (N-methyl/N-ethyl adjacent to an activating group) is 1. The molecule has 19 heavy (non-hydrogen) atoms. The topological polar surface area (TPSA) is 45.6 Å². The van der Waals surface area contributed by atoms with Crippen LogP contribution in [0.25, 0.3) is 0 Å². The van der Waals surface area contributed by atoms with Crippen molar-refractivity contribution in [2.24, 2.45) is 5.73 Å². The first-order valence-corrected chi connectivity index (χ1v) is 7.17. The van der Waals surface area contributed by atoms with Crippen LogP contribution in [0.15, 0.2) is 16.7 Å². The summed E-state index contributed by atoms with van der Waals surface area (Å²) >= 11 is 0. The molecule has 1 aliphatic rings. The Labute approximate surface area is 116 Å². The van der Waals surface area contributed by atoms with Gasteiger partial charge in [0.05, 0.1) is 6.26 Å². The van der Waals surface area contributed by atoms with Crippen molar-refractivity contribution in [3.05, 3.63) is 23.7 Å². The molecule has 0 amide bonds. The summed E-state index contributed by atoms with van der Waals surface area (Å²) in [4.78, 5) is 4.93. The van der Waals surface area contributed by atoms with Crippen molar-refractivity contribution in [1.82, 2.24) is 9.80 Å². The van der Waals surface area contributed by atoms with Crippen LogP contribution < -0.4 is 5.73 Å². The van der Waals surface area contributed by atoms with E-state index in [4.69, 9.17) is 10.2 Å². The zero-order valence-electron chi connectivity index (χ0n) is 12.6. The second-order valence-corrected chi connectivity index (χ2v) is 6.10. The van der Waals surface area contributed by atoms with Crippen molar-refractivity contribution in [3.63, 3.8) is 0 Å². The van der Waals surface area contributed by atoms with E-state index in [1.807, 2.05) is 6.92 Å². The predicted octanol–water partition coefficient (Wildman–Crippen LogP) is 1.83. The van der Waals surface area contributed by atoms with Gasteiger partial charge in [-0.15, -0.1) is 0 Å². The van der Waals surface area contributed by atoms with Gasteiger partial charge in [-0.25, -0.2) is 0 Å². The number of furan rings is 1. The van der Waals surface area contributed by atoms with Crippen LogP contribution in [0.4, 0.5) is 0 Å². The first-order valence-electron chi connectivity index (χ1n) is 7.17. The highest BCUT2D eigenvalue weighted by Crippen LogP contribution is 2.29. The first-order chi connectivity index (χ1) is 8.98. The molecule has 1 atom stereocenters. The van der Waals surface area contributed by atoms with Gasteiger partial charge >= 0.3 is 0 Å². The fourth-order valence-corrected chi connectivity index (χ4v) is 2.96. The number of likely N-dealkylation sites (tertiary alicyclic amines) is 1. The molecule has 0 radical (unpaired) electrons. The minimum Gasteiger partial charge on any atom is -0.469 e. The average molecular weight is 265 g/mol. The summed E-state index contributed by atoms with van der Waals surface area (Å²) in [5.74, 6) is 1.01. The molecule has 108 valence electrons. The van der Waals surface area contributed by atoms with Crippen LogP contribution >= 0.6 is 0 Å². The molecule has 1 aliphatic heterocycles. The molecule has 2 rings (SSSR count). The monoisotopic (exact) mass is 265 g/mol. The molecule has 1 fully saturated rings. The van der Waals surface area contributed by atoms with Gasteiger partial charge in [-0.05, 0) is 40.3 Å². The third-order valence-corrected chi connectivity index (χ3v) is 4.66. The van der Waals surface area contributed by atoms with Gasteiger partial charge in [-0.3, -0.25) is 9.80 Å². The lowest BCUT2D eigenvalue weighted by Crippen LogP contribution is -2.54. The maximum atomic E-state index is 6.11. The van der Waals surface area contributed by atoms with Crippen molar-refractivity contribution < 1.29 is 4.42 Å². The van der Waals surface area contributed by atoms with Crippen molar-refractivity contribution >= 4 is 0 Å². The highest BCUT2D eigenvalue weighted by Gasteiger charge is 2.41. The molecule has 4 nitrogen and oxygen atoms in total. The van der Waals surface area contributed by atoms with E-state index in [2.05, 4.69) is 36.8 Å². The molecular formula is C15H27N3O. The Morgan fingerprint density at radius 3 is 2.74 bits per heavy atom. The smallest absolute Gasteiger partial charge is 0.105 e. The minimum absolute atomic E-state index is 0.105. The van der Waals surface area contributed by atoms with E-state index < -0.39 is 0 Å². The molecule has 0 aliphatic carbocycles. The zero-order valence-corrected chi connectivity index (χ0v) is 12.6. The lowest BCUT2D eigenvalue weighted by molar-refractivity contribution is 0.115. The summed E-state index contributed by atoms with van der Waals surface area (Å²) in [6.07, 6.45) is 2.91. The van der Waals surface area contributed by atoms with Gasteiger partial charge in [0.25, 0.3) is 0 Å². The number of hydrogen-bond acceptors (Lipinski definition) is 4. The highest BCUT2D eigenvalue weighted by molar-refractivity contribution is 5.16. The van der Waals surface area contributed by atoms with Gasteiger partial charge in [0.1, 0.15) is 5.76 Å². The molecule has 1 saturated heterocycles. The van der Waals surface area contributed by atoms with Crippen molar-refractivity contribution in [2.45, 2.75) is 45.3 Å². The summed E-state index contributed by atoms with van der Waals surface area (Å²) in [5, 5.41) is 0. The fraction of sp³-hybridized carbons (Fsp3) is 0.733. The van der Waals surface area contributed by atoms with Gasteiger partial charge in [-0.1, -0.05) is 0 Å². The molecule has 1 aromatic rings. The first kappa shape index (κ1) is 14.6. The standard InChI is InChI=1S/C15H27N3O/c1-12(2)18-7-6-15(10-16,11-18)17(4)9-14-5-8-19-13(14)3/h5,8,12H,6-7,9-11,16H2,1-4H3. The quantitative estimate of drug-likeness (QED) is 0.882. The summed E-state index contributed by atoms with van der Waals surface area (Å²) in [7, 11) is 2.18. The van der Waals surface area contributed by atoms with Crippen LogP contribution in [-0.2, 0) is 6.54 Å². The van der Waals surface area contributed by atoms with Crippen molar-refractivity contribution in [2.75, 3.05) is 26.7 Å².